The number of sulfone groups is 1. The lowest BCUT2D eigenvalue weighted by molar-refractivity contribution is -0.137. The molecule has 1 amide bonds. The molecule has 0 saturated heterocycles. The van der Waals surface area contributed by atoms with Crippen molar-refractivity contribution in [1.82, 2.24) is 9.88 Å². The van der Waals surface area contributed by atoms with Crippen molar-refractivity contribution in [2.75, 3.05) is 12.8 Å². The summed E-state index contributed by atoms with van der Waals surface area (Å²) in [4.78, 5) is 25.1. The van der Waals surface area contributed by atoms with Gasteiger partial charge in [-0.25, -0.2) is 8.42 Å². The summed E-state index contributed by atoms with van der Waals surface area (Å²) in [5.41, 5.74) is -0.954. The number of rotatable bonds is 8. The van der Waals surface area contributed by atoms with Crippen LogP contribution < -0.4 is 10.9 Å². The van der Waals surface area contributed by atoms with Crippen LogP contribution >= 0.6 is 0 Å². The number of hydrogen-bond acceptors (Lipinski definition) is 6. The lowest BCUT2D eigenvalue weighted by atomic mass is 10.0. The van der Waals surface area contributed by atoms with E-state index >= 15 is 0 Å². The van der Waals surface area contributed by atoms with Crippen molar-refractivity contribution in [3.8, 4) is 16.9 Å². The number of carbonyl (C=O) groups excluding carboxylic acids is 1. The minimum Gasteiger partial charge on any atom is -0.507 e. The van der Waals surface area contributed by atoms with Gasteiger partial charge in [-0.1, -0.05) is 24.3 Å². The molecular formula is C25H25F3N2O6S. The summed E-state index contributed by atoms with van der Waals surface area (Å²) in [7, 11) is -3.88. The topological polar surface area (TPSA) is 126 Å². The summed E-state index contributed by atoms with van der Waals surface area (Å²) < 4.78 is 62.7. The third-order valence-corrected chi connectivity index (χ3v) is 8.20. The van der Waals surface area contributed by atoms with E-state index in [-0.39, 0.29) is 11.3 Å². The summed E-state index contributed by atoms with van der Waals surface area (Å²) >= 11 is 0. The molecule has 37 heavy (non-hydrogen) atoms. The SMILES string of the molecule is CC(CNC(=O)c1ccccc1O)(CC(O)n1ccc(-c2ccc(C(F)(F)F)cc2)cc1=O)S(C)(=O)=O. The number of phenols is 1. The molecule has 8 nitrogen and oxygen atoms in total. The van der Waals surface area contributed by atoms with Crippen LogP contribution in [0.25, 0.3) is 11.1 Å². The summed E-state index contributed by atoms with van der Waals surface area (Å²) in [5, 5.41) is 23.0. The van der Waals surface area contributed by atoms with Gasteiger partial charge in [-0.15, -0.1) is 0 Å². The second-order valence-corrected chi connectivity index (χ2v) is 11.4. The number of nitrogens with zero attached hydrogens (tertiary/aromatic N) is 1. The monoisotopic (exact) mass is 538 g/mol. The van der Waals surface area contributed by atoms with E-state index < -0.39 is 57.0 Å². The van der Waals surface area contributed by atoms with E-state index in [1.54, 1.807) is 0 Å². The fourth-order valence-corrected chi connectivity index (χ4v) is 4.42. The van der Waals surface area contributed by atoms with Gasteiger partial charge in [0, 0.05) is 31.5 Å². The van der Waals surface area contributed by atoms with Crippen LogP contribution in [0, 0.1) is 0 Å². The lowest BCUT2D eigenvalue weighted by Gasteiger charge is -2.30. The average molecular weight is 539 g/mol. The molecule has 1 aromatic heterocycles. The van der Waals surface area contributed by atoms with E-state index in [4.69, 9.17) is 0 Å². The molecule has 2 unspecified atom stereocenters. The minimum atomic E-state index is -4.50. The van der Waals surface area contributed by atoms with Gasteiger partial charge in [0.15, 0.2) is 9.84 Å². The molecule has 3 N–H and O–H groups in total. The van der Waals surface area contributed by atoms with Gasteiger partial charge >= 0.3 is 6.18 Å². The number of carbonyl (C=O) groups is 1. The van der Waals surface area contributed by atoms with E-state index in [2.05, 4.69) is 5.32 Å². The minimum absolute atomic E-state index is 0.0611. The Kier molecular flexibility index (Phi) is 7.84. The zero-order chi connectivity index (χ0) is 27.6. The van der Waals surface area contributed by atoms with Crippen LogP contribution in [0.15, 0.2) is 71.7 Å². The third kappa shape index (κ3) is 6.38. The molecular weight excluding hydrogens is 513 g/mol. The zero-order valence-electron chi connectivity index (χ0n) is 19.9. The fraction of sp³-hybridized carbons (Fsp3) is 0.280. The number of aliphatic hydroxyl groups excluding tert-OH is 1. The maximum absolute atomic E-state index is 12.8. The molecule has 3 aromatic rings. The molecule has 198 valence electrons. The van der Waals surface area contributed by atoms with Crippen molar-refractivity contribution >= 4 is 15.7 Å². The van der Waals surface area contributed by atoms with E-state index in [1.165, 1.54) is 55.6 Å². The van der Waals surface area contributed by atoms with E-state index in [9.17, 15) is 41.4 Å². The highest BCUT2D eigenvalue weighted by molar-refractivity contribution is 7.92. The van der Waals surface area contributed by atoms with Crippen molar-refractivity contribution in [3.63, 3.8) is 0 Å². The Bertz CT molecular complexity index is 1450. The first-order chi connectivity index (χ1) is 17.1. The number of benzene rings is 2. The number of aromatic hydroxyl groups is 1. The number of alkyl halides is 3. The number of nitrogens with one attached hydrogen (secondary N) is 1. The Balaban J connectivity index is 1.80. The van der Waals surface area contributed by atoms with E-state index in [0.29, 0.717) is 11.1 Å². The Morgan fingerprint density at radius 2 is 1.68 bits per heavy atom. The molecule has 0 aliphatic carbocycles. The maximum Gasteiger partial charge on any atom is 0.416 e. The van der Waals surface area contributed by atoms with Crippen LogP contribution in [0.5, 0.6) is 5.75 Å². The van der Waals surface area contributed by atoms with Crippen molar-refractivity contribution in [1.29, 1.82) is 0 Å². The van der Waals surface area contributed by atoms with Crippen LogP contribution in [0.3, 0.4) is 0 Å². The first-order valence-electron chi connectivity index (χ1n) is 11.0. The number of aromatic nitrogens is 1. The molecule has 1 heterocycles. The number of amides is 1. The molecule has 0 aliphatic heterocycles. The highest BCUT2D eigenvalue weighted by Gasteiger charge is 2.39. The third-order valence-electron chi connectivity index (χ3n) is 6.10. The number of aliphatic hydroxyl groups is 1. The second-order valence-electron chi connectivity index (χ2n) is 8.84. The van der Waals surface area contributed by atoms with Gasteiger partial charge in [0.05, 0.1) is 15.9 Å². The van der Waals surface area contributed by atoms with Crippen LogP contribution in [0.2, 0.25) is 0 Å². The van der Waals surface area contributed by atoms with Crippen molar-refractivity contribution in [3.05, 3.63) is 88.3 Å². The van der Waals surface area contributed by atoms with Crippen LogP contribution in [-0.4, -0.2) is 46.7 Å². The van der Waals surface area contributed by atoms with Gasteiger partial charge in [-0.05, 0) is 48.4 Å². The predicted molar refractivity (Wildman–Crippen MR) is 131 cm³/mol. The maximum atomic E-state index is 12.8. The summed E-state index contributed by atoms with van der Waals surface area (Å²) in [6, 6.07) is 12.4. The highest BCUT2D eigenvalue weighted by Crippen LogP contribution is 2.31. The average Bonchev–Trinajstić information content (AvgIpc) is 2.81. The summed E-state index contributed by atoms with van der Waals surface area (Å²) in [6.45, 7) is 0.882. The first-order valence-corrected chi connectivity index (χ1v) is 12.9. The molecule has 0 bridgehead atoms. The Morgan fingerprint density at radius 3 is 2.22 bits per heavy atom. The Morgan fingerprint density at radius 1 is 1.05 bits per heavy atom. The Labute approximate surface area is 210 Å². The van der Waals surface area contributed by atoms with Crippen LogP contribution in [-0.2, 0) is 16.0 Å². The number of phenolic OH excluding ortho intramolecular Hbond substituents is 1. The van der Waals surface area contributed by atoms with Gasteiger partial charge in [-0.3, -0.25) is 14.2 Å². The van der Waals surface area contributed by atoms with E-state index in [1.807, 2.05) is 0 Å². The Hall–Kier alpha value is -3.64. The molecule has 3 rings (SSSR count). The smallest absolute Gasteiger partial charge is 0.416 e. The molecule has 2 aromatic carbocycles. The molecule has 2 atom stereocenters. The zero-order valence-corrected chi connectivity index (χ0v) is 20.7. The van der Waals surface area contributed by atoms with Crippen molar-refractivity contribution in [2.45, 2.75) is 30.5 Å². The van der Waals surface area contributed by atoms with Crippen molar-refractivity contribution < 1.29 is 36.6 Å². The van der Waals surface area contributed by atoms with Crippen molar-refractivity contribution in [2.24, 2.45) is 0 Å². The van der Waals surface area contributed by atoms with Gasteiger partial charge < -0.3 is 15.5 Å². The second kappa shape index (κ2) is 10.4. The number of hydrogen-bond donors (Lipinski definition) is 3. The molecule has 12 heteroatoms. The fourth-order valence-electron chi connectivity index (χ4n) is 3.63. The molecule has 0 radical (unpaired) electrons. The van der Waals surface area contributed by atoms with Gasteiger partial charge in [0.1, 0.15) is 12.0 Å². The summed E-state index contributed by atoms with van der Waals surface area (Å²) in [5.74, 6) is -1.01. The lowest BCUT2D eigenvalue weighted by Crippen LogP contribution is -2.48. The quantitative estimate of drug-likeness (QED) is 0.404. The number of para-hydroxylation sites is 1. The normalized spacial score (nSPS) is 14.5. The molecule has 0 saturated carbocycles. The summed E-state index contributed by atoms with van der Waals surface area (Å²) in [6.07, 6.45) is -4.42. The van der Waals surface area contributed by atoms with E-state index in [0.717, 1.165) is 29.0 Å². The highest BCUT2D eigenvalue weighted by atomic mass is 32.2. The predicted octanol–water partition coefficient (Wildman–Crippen LogP) is 3.35. The van der Waals surface area contributed by atoms with Gasteiger partial charge in [0.2, 0.25) is 0 Å². The largest absolute Gasteiger partial charge is 0.507 e. The van der Waals surface area contributed by atoms with Crippen LogP contribution in [0.1, 0.15) is 35.5 Å². The van der Waals surface area contributed by atoms with Crippen LogP contribution in [0.4, 0.5) is 13.2 Å². The number of pyridine rings is 1. The first kappa shape index (κ1) is 27.9. The van der Waals surface area contributed by atoms with Gasteiger partial charge in [-0.2, -0.15) is 13.2 Å². The molecule has 0 aliphatic rings. The molecule has 0 fully saturated rings. The standard InChI is InChI=1S/C25H25F3N2O6S/c1-24(37(2,35)36,15-29-23(34)19-5-3-4-6-20(19)31)14-22(33)30-12-11-17(13-21(30)32)16-7-9-18(10-8-16)25(26,27)28/h3-13,22,31,33H,14-15H2,1-2H3,(H,29,34). The number of halogens is 3. The van der Waals surface area contributed by atoms with Gasteiger partial charge in [0.25, 0.3) is 11.5 Å². The molecule has 0 spiro atoms.